The maximum absolute atomic E-state index is 11.7. The van der Waals surface area contributed by atoms with Crippen LogP contribution in [-0.2, 0) is 17.6 Å². The number of carbonyl (C=O) groups is 1. The number of rotatable bonds is 3. The second-order valence-corrected chi connectivity index (χ2v) is 6.15. The van der Waals surface area contributed by atoms with Crippen LogP contribution in [0.3, 0.4) is 0 Å². The molecule has 0 aliphatic heterocycles. The Morgan fingerprint density at radius 3 is 2.60 bits per heavy atom. The molecule has 0 bridgehead atoms. The topological polar surface area (TPSA) is 57.0 Å². The van der Waals surface area contributed by atoms with Crippen LogP contribution in [0.5, 0.6) is 0 Å². The van der Waals surface area contributed by atoms with E-state index in [4.69, 9.17) is 9.84 Å². The van der Waals surface area contributed by atoms with E-state index in [-0.39, 0.29) is 5.97 Å². The normalized spacial score (nSPS) is 13.3. The Morgan fingerprint density at radius 1 is 1.08 bits per heavy atom. The van der Waals surface area contributed by atoms with Gasteiger partial charge < -0.3 is 4.74 Å². The fourth-order valence-electron chi connectivity index (χ4n) is 3.36. The third kappa shape index (κ3) is 2.82. The summed E-state index contributed by atoms with van der Waals surface area (Å²) in [4.78, 5) is 16.2. The maximum Gasteiger partial charge on any atom is 0.337 e. The summed E-state index contributed by atoms with van der Waals surface area (Å²) < 4.78 is 6.73. The maximum atomic E-state index is 11.7. The van der Waals surface area contributed by atoms with Crippen molar-refractivity contribution in [2.24, 2.45) is 0 Å². The average Bonchev–Trinajstić information content (AvgIpc) is 3.07. The minimum Gasteiger partial charge on any atom is -0.465 e. The molecule has 25 heavy (non-hydrogen) atoms. The summed E-state index contributed by atoms with van der Waals surface area (Å²) in [6.45, 7) is 0. The molecule has 0 saturated carbocycles. The third-order valence-corrected chi connectivity index (χ3v) is 4.60. The van der Waals surface area contributed by atoms with Crippen molar-refractivity contribution in [1.29, 1.82) is 0 Å². The Kier molecular flexibility index (Phi) is 4.06. The molecule has 0 atom stereocenters. The number of fused-ring (bicyclic) bond motifs is 1. The van der Waals surface area contributed by atoms with Gasteiger partial charge in [0.2, 0.25) is 0 Å². The summed E-state index contributed by atoms with van der Waals surface area (Å²) in [5, 5.41) is 4.85. The Morgan fingerprint density at radius 2 is 1.88 bits per heavy atom. The first kappa shape index (κ1) is 15.6. The summed E-state index contributed by atoms with van der Waals surface area (Å²) in [5.41, 5.74) is 5.88. The van der Waals surface area contributed by atoms with Crippen LogP contribution in [0.2, 0.25) is 0 Å². The lowest BCUT2D eigenvalue weighted by molar-refractivity contribution is 0.0600. The van der Waals surface area contributed by atoms with Gasteiger partial charge in [-0.15, -0.1) is 0 Å². The van der Waals surface area contributed by atoms with Crippen molar-refractivity contribution in [2.45, 2.75) is 25.7 Å². The number of esters is 1. The minimum absolute atomic E-state index is 0.337. The molecule has 0 N–H and O–H groups in total. The van der Waals surface area contributed by atoms with Crippen molar-refractivity contribution in [3.8, 4) is 17.1 Å². The van der Waals surface area contributed by atoms with Gasteiger partial charge in [-0.1, -0.05) is 6.07 Å². The van der Waals surface area contributed by atoms with Crippen LogP contribution >= 0.6 is 0 Å². The highest BCUT2D eigenvalue weighted by Gasteiger charge is 2.23. The van der Waals surface area contributed by atoms with Gasteiger partial charge in [0.1, 0.15) is 0 Å². The van der Waals surface area contributed by atoms with Crippen molar-refractivity contribution in [1.82, 2.24) is 14.8 Å². The highest BCUT2D eigenvalue weighted by atomic mass is 16.5. The van der Waals surface area contributed by atoms with Crippen molar-refractivity contribution in [3.05, 3.63) is 65.5 Å². The van der Waals surface area contributed by atoms with Gasteiger partial charge in [-0.2, -0.15) is 5.10 Å². The number of aromatic nitrogens is 3. The van der Waals surface area contributed by atoms with E-state index in [0.717, 1.165) is 35.6 Å². The first-order chi connectivity index (χ1) is 12.3. The van der Waals surface area contributed by atoms with E-state index >= 15 is 0 Å². The number of nitrogens with zero attached hydrogens (tertiary/aromatic N) is 3. The van der Waals surface area contributed by atoms with E-state index in [0.29, 0.717) is 5.56 Å². The van der Waals surface area contributed by atoms with Gasteiger partial charge in [0.05, 0.1) is 35.4 Å². The molecule has 0 radical (unpaired) electrons. The largest absolute Gasteiger partial charge is 0.465 e. The molecule has 2 aromatic heterocycles. The Balaban J connectivity index is 1.84. The monoisotopic (exact) mass is 333 g/mol. The fourth-order valence-corrected chi connectivity index (χ4v) is 3.36. The lowest BCUT2D eigenvalue weighted by atomic mass is 9.95. The van der Waals surface area contributed by atoms with Crippen molar-refractivity contribution < 1.29 is 9.53 Å². The van der Waals surface area contributed by atoms with Gasteiger partial charge in [-0.25, -0.2) is 9.48 Å². The quantitative estimate of drug-likeness (QED) is 0.687. The summed E-state index contributed by atoms with van der Waals surface area (Å²) >= 11 is 0. The molecule has 0 unspecified atom stereocenters. The molecule has 1 aliphatic carbocycles. The lowest BCUT2D eigenvalue weighted by Gasteiger charge is -2.12. The standard InChI is InChI=1S/C20H19N3O2/c1-25-20(24)14-9-11-15(12-10-14)23-19(18-8-4-5-13-21-18)16-6-2-3-7-17(16)22-23/h4-5,8-13H,2-3,6-7H2,1H3. The van der Waals surface area contributed by atoms with E-state index in [1.165, 1.54) is 25.5 Å². The molecule has 4 rings (SSSR count). The third-order valence-electron chi connectivity index (χ3n) is 4.60. The number of ether oxygens (including phenoxy) is 1. The molecule has 126 valence electrons. The average molecular weight is 333 g/mol. The molecule has 2 heterocycles. The number of benzene rings is 1. The SMILES string of the molecule is COC(=O)c1ccc(-n2nc3c(c2-c2ccccn2)CCCC3)cc1. The second kappa shape index (κ2) is 6.51. The van der Waals surface area contributed by atoms with Crippen molar-refractivity contribution >= 4 is 5.97 Å². The highest BCUT2D eigenvalue weighted by molar-refractivity contribution is 5.89. The molecule has 0 spiro atoms. The van der Waals surface area contributed by atoms with Crippen LogP contribution in [0.1, 0.15) is 34.5 Å². The van der Waals surface area contributed by atoms with Crippen molar-refractivity contribution in [2.75, 3.05) is 7.11 Å². The highest BCUT2D eigenvalue weighted by Crippen LogP contribution is 2.32. The van der Waals surface area contributed by atoms with Gasteiger partial charge in [0, 0.05) is 11.8 Å². The van der Waals surface area contributed by atoms with E-state index in [1.807, 2.05) is 41.2 Å². The number of carbonyl (C=O) groups excluding carboxylic acids is 1. The first-order valence-electron chi connectivity index (χ1n) is 8.49. The predicted octanol–water partition coefficient (Wildman–Crippen LogP) is 3.60. The smallest absolute Gasteiger partial charge is 0.337 e. The summed E-state index contributed by atoms with van der Waals surface area (Å²) in [5.74, 6) is -0.337. The summed E-state index contributed by atoms with van der Waals surface area (Å²) in [6, 6.07) is 13.3. The number of hydrogen-bond acceptors (Lipinski definition) is 4. The van der Waals surface area contributed by atoms with E-state index in [1.54, 1.807) is 12.1 Å². The zero-order valence-electron chi connectivity index (χ0n) is 14.1. The van der Waals surface area contributed by atoms with Crippen LogP contribution in [-0.4, -0.2) is 27.8 Å². The number of hydrogen-bond donors (Lipinski definition) is 0. The second-order valence-electron chi connectivity index (χ2n) is 6.15. The first-order valence-corrected chi connectivity index (χ1v) is 8.49. The van der Waals surface area contributed by atoms with Gasteiger partial charge in [-0.3, -0.25) is 4.98 Å². The van der Waals surface area contributed by atoms with Gasteiger partial charge >= 0.3 is 5.97 Å². The Hall–Kier alpha value is -2.95. The zero-order chi connectivity index (χ0) is 17.2. The molecule has 5 nitrogen and oxygen atoms in total. The Bertz CT molecular complexity index is 899. The molecule has 1 aliphatic rings. The number of aryl methyl sites for hydroxylation is 1. The van der Waals surface area contributed by atoms with Gasteiger partial charge in [0.15, 0.2) is 0 Å². The molecule has 1 aromatic carbocycles. The van der Waals surface area contributed by atoms with Crippen LogP contribution in [0.4, 0.5) is 0 Å². The number of pyridine rings is 1. The molecular weight excluding hydrogens is 314 g/mol. The molecule has 0 fully saturated rings. The lowest BCUT2D eigenvalue weighted by Crippen LogP contribution is -2.04. The molecule has 0 saturated heterocycles. The number of methoxy groups -OCH3 is 1. The summed E-state index contributed by atoms with van der Waals surface area (Å²) in [7, 11) is 1.39. The van der Waals surface area contributed by atoms with Crippen LogP contribution in [0, 0.1) is 0 Å². The fraction of sp³-hybridized carbons (Fsp3) is 0.250. The molecule has 3 aromatic rings. The molecule has 0 amide bonds. The summed E-state index contributed by atoms with van der Waals surface area (Å²) in [6.07, 6.45) is 6.19. The van der Waals surface area contributed by atoms with E-state index in [9.17, 15) is 4.79 Å². The van der Waals surface area contributed by atoms with Crippen LogP contribution in [0.25, 0.3) is 17.1 Å². The molecule has 5 heteroatoms. The van der Waals surface area contributed by atoms with Crippen LogP contribution in [0.15, 0.2) is 48.7 Å². The predicted molar refractivity (Wildman–Crippen MR) is 94.8 cm³/mol. The van der Waals surface area contributed by atoms with Gasteiger partial charge in [-0.05, 0) is 62.1 Å². The van der Waals surface area contributed by atoms with Crippen LogP contribution < -0.4 is 0 Å². The zero-order valence-corrected chi connectivity index (χ0v) is 14.1. The van der Waals surface area contributed by atoms with Gasteiger partial charge in [0.25, 0.3) is 0 Å². The van der Waals surface area contributed by atoms with Crippen molar-refractivity contribution in [3.63, 3.8) is 0 Å². The van der Waals surface area contributed by atoms with E-state index in [2.05, 4.69) is 4.98 Å². The molecular formula is C20H19N3O2. The minimum atomic E-state index is -0.337. The Labute approximate surface area is 146 Å². The van der Waals surface area contributed by atoms with E-state index < -0.39 is 0 Å².